The molecule has 0 aliphatic carbocycles. The molecule has 0 amide bonds. The molecular formula is C23H38O3. The van der Waals surface area contributed by atoms with Crippen molar-refractivity contribution in [1.29, 1.82) is 0 Å². The van der Waals surface area contributed by atoms with Gasteiger partial charge >= 0.3 is 0 Å². The van der Waals surface area contributed by atoms with Gasteiger partial charge in [-0.15, -0.1) is 6.58 Å². The van der Waals surface area contributed by atoms with E-state index in [2.05, 4.69) is 41.2 Å². The second-order valence-corrected chi connectivity index (χ2v) is 7.93. The summed E-state index contributed by atoms with van der Waals surface area (Å²) in [6, 6.07) is 8.01. The molecule has 3 heteroatoms. The predicted octanol–water partition coefficient (Wildman–Crippen LogP) is 5.88. The smallest absolute Gasteiger partial charge is 0.118 e. The third kappa shape index (κ3) is 8.37. The molecule has 0 bridgehead atoms. The minimum atomic E-state index is 0.00557. The Balaban J connectivity index is 2.70. The van der Waals surface area contributed by atoms with Crippen LogP contribution in [0.3, 0.4) is 0 Å². The van der Waals surface area contributed by atoms with Gasteiger partial charge in [-0.1, -0.05) is 52.3 Å². The fraction of sp³-hybridized carbons (Fsp3) is 0.652. The van der Waals surface area contributed by atoms with Crippen LogP contribution in [0.25, 0.3) is 0 Å². The van der Waals surface area contributed by atoms with E-state index in [1.54, 1.807) is 7.11 Å². The van der Waals surface area contributed by atoms with E-state index < -0.39 is 0 Å². The molecule has 0 spiro atoms. The Morgan fingerprint density at radius 3 is 2.08 bits per heavy atom. The first kappa shape index (κ1) is 22.7. The van der Waals surface area contributed by atoms with E-state index in [0.29, 0.717) is 24.4 Å². The van der Waals surface area contributed by atoms with Crippen molar-refractivity contribution in [1.82, 2.24) is 0 Å². The van der Waals surface area contributed by atoms with Crippen molar-refractivity contribution in [2.45, 2.75) is 66.3 Å². The number of hydrogen-bond acceptors (Lipinski definition) is 3. The predicted molar refractivity (Wildman–Crippen MR) is 110 cm³/mol. The number of hydrogen-bond donors (Lipinski definition) is 0. The Kier molecular flexibility index (Phi) is 10.6. The Labute approximate surface area is 160 Å². The van der Waals surface area contributed by atoms with Gasteiger partial charge in [-0.25, -0.2) is 0 Å². The van der Waals surface area contributed by atoms with Crippen LogP contribution < -0.4 is 4.74 Å². The summed E-state index contributed by atoms with van der Waals surface area (Å²) in [4.78, 5) is 0. The summed E-state index contributed by atoms with van der Waals surface area (Å²) >= 11 is 0. The Hall–Kier alpha value is -1.32. The van der Waals surface area contributed by atoms with Gasteiger partial charge in [-0.2, -0.15) is 0 Å². The number of ether oxygens (including phenoxy) is 3. The summed E-state index contributed by atoms with van der Waals surface area (Å²) < 4.78 is 17.6. The highest BCUT2D eigenvalue weighted by molar-refractivity contribution is 5.26. The molecule has 0 fully saturated rings. The average molecular weight is 363 g/mol. The summed E-state index contributed by atoms with van der Waals surface area (Å²) in [5.74, 6) is 2.35. The molecule has 0 heterocycles. The van der Waals surface area contributed by atoms with Gasteiger partial charge in [-0.3, -0.25) is 0 Å². The molecule has 148 valence electrons. The highest BCUT2D eigenvalue weighted by Crippen LogP contribution is 2.24. The summed E-state index contributed by atoms with van der Waals surface area (Å²) in [5.41, 5.74) is 1.14. The molecule has 0 saturated carbocycles. The van der Waals surface area contributed by atoms with Crippen molar-refractivity contribution in [2.24, 2.45) is 17.8 Å². The van der Waals surface area contributed by atoms with E-state index in [0.717, 1.165) is 24.3 Å². The fourth-order valence-corrected chi connectivity index (χ4v) is 2.90. The highest BCUT2D eigenvalue weighted by atomic mass is 16.5. The maximum atomic E-state index is 6.26. The van der Waals surface area contributed by atoms with Crippen LogP contribution in [0.15, 0.2) is 36.9 Å². The van der Waals surface area contributed by atoms with Crippen LogP contribution in [0, 0.1) is 17.8 Å². The molecule has 3 atom stereocenters. The fourth-order valence-electron chi connectivity index (χ4n) is 2.90. The van der Waals surface area contributed by atoms with E-state index in [1.165, 1.54) is 6.42 Å². The van der Waals surface area contributed by atoms with Gasteiger partial charge < -0.3 is 14.2 Å². The zero-order chi connectivity index (χ0) is 19.5. The van der Waals surface area contributed by atoms with E-state index >= 15 is 0 Å². The molecule has 1 aromatic rings. The molecule has 0 saturated heterocycles. The SMILES string of the molecule is C=C[C@H](CCC(C)C)[C@@H](OCC(C)C)[C@H](C)OCc1ccc(OC)cc1. The van der Waals surface area contributed by atoms with Gasteiger partial charge in [0.2, 0.25) is 0 Å². The molecule has 3 nitrogen and oxygen atoms in total. The summed E-state index contributed by atoms with van der Waals surface area (Å²) in [5, 5.41) is 0. The summed E-state index contributed by atoms with van der Waals surface area (Å²) in [6.07, 6.45) is 4.34. The van der Waals surface area contributed by atoms with E-state index in [-0.39, 0.29) is 12.2 Å². The first-order valence-corrected chi connectivity index (χ1v) is 9.86. The van der Waals surface area contributed by atoms with Crippen LogP contribution in [-0.4, -0.2) is 25.9 Å². The lowest BCUT2D eigenvalue weighted by Crippen LogP contribution is -2.36. The third-order valence-corrected chi connectivity index (χ3v) is 4.56. The van der Waals surface area contributed by atoms with Crippen molar-refractivity contribution >= 4 is 0 Å². The van der Waals surface area contributed by atoms with Crippen molar-refractivity contribution in [2.75, 3.05) is 13.7 Å². The Morgan fingerprint density at radius 2 is 1.58 bits per heavy atom. The van der Waals surface area contributed by atoms with Gasteiger partial charge in [0, 0.05) is 12.5 Å². The Morgan fingerprint density at radius 1 is 0.923 bits per heavy atom. The molecule has 1 aromatic carbocycles. The molecule has 26 heavy (non-hydrogen) atoms. The van der Waals surface area contributed by atoms with E-state index in [1.807, 2.05) is 30.3 Å². The van der Waals surface area contributed by atoms with Crippen molar-refractivity contribution in [3.05, 3.63) is 42.5 Å². The van der Waals surface area contributed by atoms with Crippen LogP contribution in [0.5, 0.6) is 5.75 Å². The molecule has 1 rings (SSSR count). The molecule has 0 aliphatic heterocycles. The monoisotopic (exact) mass is 362 g/mol. The molecule has 0 radical (unpaired) electrons. The van der Waals surface area contributed by atoms with Gasteiger partial charge in [-0.05, 0) is 42.9 Å². The minimum absolute atomic E-state index is 0.00557. The van der Waals surface area contributed by atoms with Crippen LogP contribution >= 0.6 is 0 Å². The molecule has 0 unspecified atom stereocenters. The topological polar surface area (TPSA) is 27.7 Å². The molecule has 0 aromatic heterocycles. The van der Waals surface area contributed by atoms with Gasteiger partial charge in [0.15, 0.2) is 0 Å². The second-order valence-electron chi connectivity index (χ2n) is 7.93. The zero-order valence-corrected chi connectivity index (χ0v) is 17.5. The van der Waals surface area contributed by atoms with Gasteiger partial charge in [0.05, 0.1) is 25.9 Å². The molecular weight excluding hydrogens is 324 g/mol. The average Bonchev–Trinajstić information content (AvgIpc) is 2.62. The van der Waals surface area contributed by atoms with Crippen molar-refractivity contribution in [3.8, 4) is 5.75 Å². The maximum absolute atomic E-state index is 6.26. The maximum Gasteiger partial charge on any atom is 0.118 e. The number of benzene rings is 1. The number of rotatable bonds is 13. The van der Waals surface area contributed by atoms with E-state index in [9.17, 15) is 0 Å². The molecule has 0 aliphatic rings. The van der Waals surface area contributed by atoms with Crippen LogP contribution in [0.4, 0.5) is 0 Å². The highest BCUT2D eigenvalue weighted by Gasteiger charge is 2.27. The van der Waals surface area contributed by atoms with Crippen LogP contribution in [0.2, 0.25) is 0 Å². The quantitative estimate of drug-likeness (QED) is 0.410. The van der Waals surface area contributed by atoms with Crippen molar-refractivity contribution in [3.63, 3.8) is 0 Å². The lowest BCUT2D eigenvalue weighted by Gasteiger charge is -2.31. The summed E-state index contributed by atoms with van der Waals surface area (Å²) in [6.45, 7) is 16.4. The van der Waals surface area contributed by atoms with Gasteiger partial charge in [0.25, 0.3) is 0 Å². The molecule has 0 N–H and O–H groups in total. The standard InChI is InChI=1S/C23H38O3/c1-8-21(12-9-17(2)3)23(26-15-18(4)5)19(6)25-16-20-10-13-22(24-7)14-11-20/h8,10-11,13-14,17-19,21,23H,1,9,12,15-16H2,2-7H3/t19-,21+,23-/m0/s1. The lowest BCUT2D eigenvalue weighted by molar-refractivity contribution is -0.0953. The lowest BCUT2D eigenvalue weighted by atomic mass is 9.90. The largest absolute Gasteiger partial charge is 0.497 e. The first-order chi connectivity index (χ1) is 12.4. The normalized spacial score (nSPS) is 15.1. The van der Waals surface area contributed by atoms with E-state index in [4.69, 9.17) is 14.2 Å². The zero-order valence-electron chi connectivity index (χ0n) is 17.5. The van der Waals surface area contributed by atoms with Gasteiger partial charge in [0.1, 0.15) is 5.75 Å². The summed E-state index contributed by atoms with van der Waals surface area (Å²) in [7, 11) is 1.68. The van der Waals surface area contributed by atoms with Crippen LogP contribution in [-0.2, 0) is 16.1 Å². The third-order valence-electron chi connectivity index (χ3n) is 4.56. The van der Waals surface area contributed by atoms with Crippen molar-refractivity contribution < 1.29 is 14.2 Å². The second kappa shape index (κ2) is 12.1. The number of methoxy groups -OCH3 is 1. The van der Waals surface area contributed by atoms with Crippen LogP contribution in [0.1, 0.15) is 53.0 Å². The minimum Gasteiger partial charge on any atom is -0.497 e. The first-order valence-electron chi connectivity index (χ1n) is 9.86. The Bertz CT molecular complexity index is 493.